The van der Waals surface area contributed by atoms with E-state index in [0.717, 1.165) is 24.3 Å². The third kappa shape index (κ3) is 3.33. The molecular weight excluding hydrogens is 337 g/mol. The number of halogens is 3. The fourth-order valence-corrected chi connectivity index (χ4v) is 2.77. The van der Waals surface area contributed by atoms with Crippen LogP contribution in [0, 0.1) is 17.5 Å². The van der Waals surface area contributed by atoms with Crippen LogP contribution in [0.3, 0.4) is 0 Å². The zero-order valence-corrected chi connectivity index (χ0v) is 12.9. The summed E-state index contributed by atoms with van der Waals surface area (Å²) >= 11 is 0. The first-order valence-electron chi connectivity index (χ1n) is 7.52. The lowest BCUT2D eigenvalue weighted by molar-refractivity contribution is -0.128. The summed E-state index contributed by atoms with van der Waals surface area (Å²) in [7, 11) is 0. The molecule has 1 aliphatic heterocycles. The molecular formula is C17H13F3N2O3. The Morgan fingerprint density at radius 3 is 2.40 bits per heavy atom. The highest BCUT2D eigenvalue weighted by molar-refractivity contribution is 5.86. The number of pyridine rings is 1. The molecule has 1 amide bonds. The molecule has 0 radical (unpaired) electrons. The molecule has 2 heterocycles. The lowest BCUT2D eigenvalue weighted by Crippen LogP contribution is -2.24. The van der Waals surface area contributed by atoms with Gasteiger partial charge in [0.15, 0.2) is 0 Å². The number of benzene rings is 1. The quantitative estimate of drug-likeness (QED) is 0.920. The number of carbonyl (C=O) groups excluding carboxylic acids is 1. The smallest absolute Gasteiger partial charge is 0.354 e. The van der Waals surface area contributed by atoms with E-state index in [0.29, 0.717) is 19.4 Å². The maximum Gasteiger partial charge on any atom is 0.354 e. The largest absolute Gasteiger partial charge is 0.477 e. The van der Waals surface area contributed by atoms with Crippen molar-refractivity contribution in [1.82, 2.24) is 9.88 Å². The molecule has 0 unspecified atom stereocenters. The zero-order chi connectivity index (χ0) is 18.1. The third-order valence-electron chi connectivity index (χ3n) is 3.95. The molecule has 0 aliphatic carbocycles. The molecule has 1 aromatic heterocycles. The van der Waals surface area contributed by atoms with Crippen LogP contribution in [0.2, 0.25) is 0 Å². The van der Waals surface area contributed by atoms with E-state index in [4.69, 9.17) is 5.11 Å². The molecule has 0 saturated carbocycles. The van der Waals surface area contributed by atoms with Gasteiger partial charge in [-0.3, -0.25) is 4.79 Å². The Hall–Kier alpha value is -2.90. The molecule has 25 heavy (non-hydrogen) atoms. The second-order valence-electron chi connectivity index (χ2n) is 5.69. The molecule has 8 heteroatoms. The Labute approximate surface area is 140 Å². The van der Waals surface area contributed by atoms with Gasteiger partial charge in [0.1, 0.15) is 28.8 Å². The van der Waals surface area contributed by atoms with Crippen molar-refractivity contribution in [3.63, 3.8) is 0 Å². The van der Waals surface area contributed by atoms with Crippen molar-refractivity contribution in [2.24, 2.45) is 0 Å². The predicted octanol–water partition coefficient (Wildman–Crippen LogP) is 2.99. The van der Waals surface area contributed by atoms with Gasteiger partial charge in [-0.25, -0.2) is 22.9 Å². The van der Waals surface area contributed by atoms with Crippen molar-refractivity contribution < 1.29 is 27.9 Å². The first-order valence-corrected chi connectivity index (χ1v) is 7.52. The summed E-state index contributed by atoms with van der Waals surface area (Å²) in [5.74, 6) is -4.71. The van der Waals surface area contributed by atoms with E-state index in [2.05, 4.69) is 4.98 Å². The van der Waals surface area contributed by atoms with Crippen LogP contribution >= 0.6 is 0 Å². The molecule has 1 N–H and O–H groups in total. The summed E-state index contributed by atoms with van der Waals surface area (Å²) in [6.45, 7) is 0.568. The van der Waals surface area contributed by atoms with Crippen LogP contribution in [0.15, 0.2) is 24.3 Å². The SMILES string of the molecule is O=C(O)c1ccc(F)c(-c2c(F)cc(CN3CCCC3=O)cc2F)n1. The van der Waals surface area contributed by atoms with Crippen molar-refractivity contribution in [1.29, 1.82) is 0 Å². The van der Waals surface area contributed by atoms with Crippen LogP contribution < -0.4 is 0 Å². The first-order chi connectivity index (χ1) is 11.9. The van der Waals surface area contributed by atoms with E-state index in [1.807, 2.05) is 0 Å². The molecule has 3 rings (SSSR count). The molecule has 5 nitrogen and oxygen atoms in total. The Kier molecular flexibility index (Phi) is 4.43. The standard InChI is InChI=1S/C17H13F3N2O3/c18-10-3-4-13(17(24)25)21-16(10)15-11(19)6-9(7-12(15)20)8-22-5-1-2-14(22)23/h3-4,6-7H,1-2,5,8H2,(H,24,25). The summed E-state index contributed by atoms with van der Waals surface area (Å²) in [5, 5.41) is 8.90. The van der Waals surface area contributed by atoms with Crippen molar-refractivity contribution in [2.75, 3.05) is 6.54 Å². The molecule has 2 aromatic rings. The average Bonchev–Trinajstić information content (AvgIpc) is 2.93. The summed E-state index contributed by atoms with van der Waals surface area (Å²) in [6, 6.07) is 3.70. The third-order valence-corrected chi connectivity index (χ3v) is 3.95. The maximum absolute atomic E-state index is 14.4. The monoisotopic (exact) mass is 350 g/mol. The van der Waals surface area contributed by atoms with Crippen molar-refractivity contribution in [3.8, 4) is 11.3 Å². The van der Waals surface area contributed by atoms with Crippen LogP contribution in [0.25, 0.3) is 11.3 Å². The fourth-order valence-electron chi connectivity index (χ4n) is 2.77. The fraction of sp³-hybridized carbons (Fsp3) is 0.235. The zero-order valence-electron chi connectivity index (χ0n) is 12.9. The number of amides is 1. The van der Waals surface area contributed by atoms with Crippen LogP contribution in [-0.2, 0) is 11.3 Å². The van der Waals surface area contributed by atoms with E-state index in [9.17, 15) is 22.8 Å². The highest BCUT2D eigenvalue weighted by Crippen LogP contribution is 2.29. The number of carbonyl (C=O) groups is 2. The van der Waals surface area contributed by atoms with Crippen molar-refractivity contribution >= 4 is 11.9 Å². The van der Waals surface area contributed by atoms with Crippen LogP contribution in [0.4, 0.5) is 13.2 Å². The van der Waals surface area contributed by atoms with Gasteiger partial charge in [-0.05, 0) is 36.2 Å². The molecule has 0 bridgehead atoms. The van der Waals surface area contributed by atoms with Crippen LogP contribution in [0.5, 0.6) is 0 Å². The van der Waals surface area contributed by atoms with Crippen LogP contribution in [-0.4, -0.2) is 33.4 Å². The van der Waals surface area contributed by atoms with Gasteiger partial charge < -0.3 is 10.0 Å². The highest BCUT2D eigenvalue weighted by atomic mass is 19.1. The minimum absolute atomic E-state index is 0.0536. The van der Waals surface area contributed by atoms with Crippen molar-refractivity contribution in [2.45, 2.75) is 19.4 Å². The van der Waals surface area contributed by atoms with Gasteiger partial charge in [0.25, 0.3) is 0 Å². The van der Waals surface area contributed by atoms with E-state index in [1.165, 1.54) is 4.90 Å². The Balaban J connectivity index is 1.99. The molecule has 1 fully saturated rings. The minimum Gasteiger partial charge on any atom is -0.477 e. The van der Waals surface area contributed by atoms with Gasteiger partial charge in [0.2, 0.25) is 5.91 Å². The number of rotatable bonds is 4. The predicted molar refractivity (Wildman–Crippen MR) is 81.2 cm³/mol. The number of aromatic nitrogens is 1. The van der Waals surface area contributed by atoms with Crippen molar-refractivity contribution in [3.05, 3.63) is 53.0 Å². The van der Waals surface area contributed by atoms with E-state index >= 15 is 0 Å². The second-order valence-corrected chi connectivity index (χ2v) is 5.69. The van der Waals surface area contributed by atoms with Crippen LogP contribution in [0.1, 0.15) is 28.9 Å². The number of hydrogen-bond acceptors (Lipinski definition) is 3. The normalized spacial score (nSPS) is 14.2. The number of nitrogens with zero attached hydrogens (tertiary/aromatic N) is 2. The number of hydrogen-bond donors (Lipinski definition) is 1. The summed E-state index contributed by atoms with van der Waals surface area (Å²) in [6.07, 6.45) is 1.10. The molecule has 1 saturated heterocycles. The van der Waals surface area contributed by atoms with E-state index in [-0.39, 0.29) is 18.0 Å². The van der Waals surface area contributed by atoms with Gasteiger partial charge in [0.05, 0.1) is 5.56 Å². The number of carboxylic acids is 1. The summed E-state index contributed by atoms with van der Waals surface area (Å²) < 4.78 is 42.7. The highest BCUT2D eigenvalue weighted by Gasteiger charge is 2.23. The lowest BCUT2D eigenvalue weighted by Gasteiger charge is -2.16. The van der Waals surface area contributed by atoms with Gasteiger partial charge in [-0.1, -0.05) is 0 Å². The first kappa shape index (κ1) is 16.9. The molecule has 0 atom stereocenters. The van der Waals surface area contributed by atoms with Gasteiger partial charge in [-0.2, -0.15) is 0 Å². The number of aromatic carboxylic acids is 1. The maximum atomic E-state index is 14.4. The Morgan fingerprint density at radius 1 is 1.16 bits per heavy atom. The molecule has 0 spiro atoms. The summed E-state index contributed by atoms with van der Waals surface area (Å²) in [4.78, 5) is 27.5. The van der Waals surface area contributed by atoms with E-state index < -0.39 is 40.4 Å². The van der Waals surface area contributed by atoms with E-state index in [1.54, 1.807) is 0 Å². The van der Waals surface area contributed by atoms with Gasteiger partial charge in [-0.15, -0.1) is 0 Å². The molecule has 130 valence electrons. The summed E-state index contributed by atoms with van der Waals surface area (Å²) in [5.41, 5.74) is -1.75. The van der Waals surface area contributed by atoms with Gasteiger partial charge in [0, 0.05) is 19.5 Å². The second kappa shape index (κ2) is 6.54. The lowest BCUT2D eigenvalue weighted by atomic mass is 10.1. The Bertz CT molecular complexity index is 847. The minimum atomic E-state index is -1.44. The molecule has 1 aliphatic rings. The number of carboxylic acid groups (broad SMARTS) is 1. The molecule has 1 aromatic carbocycles. The Morgan fingerprint density at radius 2 is 1.84 bits per heavy atom. The topological polar surface area (TPSA) is 70.5 Å². The average molecular weight is 350 g/mol. The van der Waals surface area contributed by atoms with Gasteiger partial charge >= 0.3 is 5.97 Å². The number of likely N-dealkylation sites (tertiary alicyclic amines) is 1.